The molecule has 3 aromatic rings. The first kappa shape index (κ1) is 22.2. The summed E-state index contributed by atoms with van der Waals surface area (Å²) in [5.74, 6) is 1.24. The van der Waals surface area contributed by atoms with E-state index in [0.717, 1.165) is 23.4 Å². The molecule has 0 amide bonds. The van der Waals surface area contributed by atoms with Crippen molar-refractivity contribution in [1.29, 1.82) is 0 Å². The van der Waals surface area contributed by atoms with Crippen LogP contribution in [0.25, 0.3) is 0 Å². The van der Waals surface area contributed by atoms with Crippen LogP contribution in [0.3, 0.4) is 0 Å². The lowest BCUT2D eigenvalue weighted by atomic mass is 9.80. The first-order valence-electron chi connectivity index (χ1n) is 10.8. The maximum Gasteiger partial charge on any atom is 0.488 e. The summed E-state index contributed by atoms with van der Waals surface area (Å²) in [6.07, 6.45) is 1.59. The van der Waals surface area contributed by atoms with Crippen molar-refractivity contribution in [3.05, 3.63) is 64.8 Å². The van der Waals surface area contributed by atoms with Crippen LogP contribution in [0.1, 0.15) is 36.2 Å². The number of hydrogen-bond donors (Lipinski definition) is 3. The molecule has 2 heterocycles. The molecule has 32 heavy (non-hydrogen) atoms. The molecule has 1 aliphatic rings. The van der Waals surface area contributed by atoms with Crippen molar-refractivity contribution in [1.82, 2.24) is 15.2 Å². The molecule has 0 radical (unpaired) electrons. The van der Waals surface area contributed by atoms with E-state index in [9.17, 15) is 10.0 Å². The van der Waals surface area contributed by atoms with Gasteiger partial charge in [-0.2, -0.15) is 4.98 Å². The van der Waals surface area contributed by atoms with E-state index in [-0.39, 0.29) is 6.04 Å². The fourth-order valence-electron chi connectivity index (χ4n) is 4.17. The molecule has 0 saturated carbocycles. The van der Waals surface area contributed by atoms with E-state index < -0.39 is 7.12 Å². The number of ether oxygens (including phenoxy) is 1. The van der Waals surface area contributed by atoms with Crippen LogP contribution < -0.4 is 15.7 Å². The van der Waals surface area contributed by atoms with Gasteiger partial charge >= 0.3 is 7.12 Å². The SMILES string of the molecule is CCc1nnc(N2c3cccc(COC)c3CC2C)nc1NCc1cccc(B(O)O)c1. The van der Waals surface area contributed by atoms with E-state index >= 15 is 0 Å². The Hall–Kier alpha value is -3.01. The lowest BCUT2D eigenvalue weighted by molar-refractivity contribution is 0.184. The number of aromatic nitrogens is 3. The molecule has 1 unspecified atom stereocenters. The summed E-state index contributed by atoms with van der Waals surface area (Å²) in [6.45, 7) is 5.23. The number of aryl methyl sites for hydroxylation is 1. The zero-order valence-electron chi connectivity index (χ0n) is 18.6. The van der Waals surface area contributed by atoms with Crippen molar-refractivity contribution in [3.63, 3.8) is 0 Å². The van der Waals surface area contributed by atoms with Crippen molar-refractivity contribution in [2.24, 2.45) is 0 Å². The van der Waals surface area contributed by atoms with Gasteiger partial charge in [0.05, 0.1) is 6.61 Å². The Morgan fingerprint density at radius 2 is 2.00 bits per heavy atom. The van der Waals surface area contributed by atoms with Gasteiger partial charge in [-0.05, 0) is 48.0 Å². The Morgan fingerprint density at radius 3 is 2.75 bits per heavy atom. The number of hydrogen-bond acceptors (Lipinski definition) is 8. The molecule has 8 nitrogen and oxygen atoms in total. The summed E-state index contributed by atoms with van der Waals surface area (Å²) in [5, 5.41) is 31.1. The first-order valence-corrected chi connectivity index (χ1v) is 10.8. The van der Waals surface area contributed by atoms with Crippen molar-refractivity contribution in [2.45, 2.75) is 45.9 Å². The van der Waals surface area contributed by atoms with Gasteiger partial charge in [0.15, 0.2) is 5.82 Å². The quantitative estimate of drug-likeness (QED) is 0.464. The van der Waals surface area contributed by atoms with E-state index in [1.807, 2.05) is 19.1 Å². The Kier molecular flexibility index (Phi) is 6.69. The maximum atomic E-state index is 9.42. The van der Waals surface area contributed by atoms with Crippen LogP contribution in [0.15, 0.2) is 42.5 Å². The summed E-state index contributed by atoms with van der Waals surface area (Å²) in [7, 11) is 0.217. The summed E-state index contributed by atoms with van der Waals surface area (Å²) in [6, 6.07) is 13.6. The van der Waals surface area contributed by atoms with E-state index in [1.165, 1.54) is 11.1 Å². The lowest BCUT2D eigenvalue weighted by Crippen LogP contribution is -2.30. The van der Waals surface area contributed by atoms with Gasteiger partial charge in [-0.1, -0.05) is 43.3 Å². The van der Waals surface area contributed by atoms with Crippen LogP contribution in [0, 0.1) is 0 Å². The van der Waals surface area contributed by atoms with Crippen molar-refractivity contribution >= 4 is 30.0 Å². The number of anilines is 3. The summed E-state index contributed by atoms with van der Waals surface area (Å²) in [4.78, 5) is 6.97. The first-order chi connectivity index (χ1) is 15.5. The molecular formula is C23H28BN5O3. The minimum atomic E-state index is -1.49. The minimum Gasteiger partial charge on any atom is -0.423 e. The molecule has 0 bridgehead atoms. The van der Waals surface area contributed by atoms with Crippen LogP contribution in [-0.4, -0.2) is 45.5 Å². The zero-order valence-corrected chi connectivity index (χ0v) is 18.6. The van der Waals surface area contributed by atoms with Gasteiger partial charge in [-0.15, -0.1) is 10.2 Å². The summed E-state index contributed by atoms with van der Waals surface area (Å²) < 4.78 is 5.37. The van der Waals surface area contributed by atoms with Crippen molar-refractivity contribution < 1.29 is 14.8 Å². The third-order valence-electron chi connectivity index (χ3n) is 5.75. The highest BCUT2D eigenvalue weighted by molar-refractivity contribution is 6.58. The number of methoxy groups -OCH3 is 1. The molecule has 166 valence electrons. The van der Waals surface area contributed by atoms with E-state index in [2.05, 4.69) is 39.5 Å². The highest BCUT2D eigenvalue weighted by Gasteiger charge is 2.31. The second kappa shape index (κ2) is 9.64. The van der Waals surface area contributed by atoms with Crippen LogP contribution in [0.2, 0.25) is 0 Å². The molecule has 0 saturated heterocycles. The van der Waals surface area contributed by atoms with E-state index in [1.54, 1.807) is 25.3 Å². The summed E-state index contributed by atoms with van der Waals surface area (Å²) in [5.41, 5.74) is 5.69. The predicted octanol–water partition coefficient (Wildman–Crippen LogP) is 1.95. The molecule has 1 aromatic heterocycles. The van der Waals surface area contributed by atoms with Crippen molar-refractivity contribution in [2.75, 3.05) is 17.3 Å². The highest BCUT2D eigenvalue weighted by Crippen LogP contribution is 2.38. The third-order valence-corrected chi connectivity index (χ3v) is 5.75. The third kappa shape index (κ3) is 4.45. The van der Waals surface area contributed by atoms with Crippen LogP contribution in [0.5, 0.6) is 0 Å². The number of nitrogens with one attached hydrogen (secondary N) is 1. The fraction of sp³-hybridized carbons (Fsp3) is 0.348. The van der Waals surface area contributed by atoms with Gasteiger partial charge in [0.1, 0.15) is 5.69 Å². The van der Waals surface area contributed by atoms with Crippen molar-refractivity contribution in [3.8, 4) is 0 Å². The number of benzene rings is 2. The monoisotopic (exact) mass is 433 g/mol. The molecule has 4 rings (SSSR count). The number of rotatable bonds is 8. The topological polar surface area (TPSA) is 104 Å². The second-order valence-electron chi connectivity index (χ2n) is 8.00. The fourth-order valence-corrected chi connectivity index (χ4v) is 4.17. The standard InChI is InChI=1S/C23H28BN5O3/c1-4-20-22(25-13-16-7-5-9-18(12-16)24(30)31)26-23(28-27-20)29-15(2)11-19-17(14-32-3)8-6-10-21(19)29/h5-10,12,15,30-31H,4,11,13-14H2,1-3H3,(H,25,26,28). The molecule has 3 N–H and O–H groups in total. The van der Waals surface area contributed by atoms with E-state index in [4.69, 9.17) is 9.72 Å². The lowest BCUT2D eigenvalue weighted by Gasteiger charge is -2.23. The van der Waals surface area contributed by atoms with Gasteiger partial charge in [0.25, 0.3) is 5.95 Å². The normalized spacial score (nSPS) is 15.0. The molecule has 1 atom stereocenters. The Bertz CT molecular complexity index is 1090. The number of nitrogens with zero attached hydrogens (tertiary/aromatic N) is 4. The molecule has 9 heteroatoms. The predicted molar refractivity (Wildman–Crippen MR) is 125 cm³/mol. The second-order valence-corrected chi connectivity index (χ2v) is 8.00. The molecule has 0 aliphatic carbocycles. The van der Waals surface area contributed by atoms with Gasteiger partial charge in [-0.3, -0.25) is 0 Å². The van der Waals surface area contributed by atoms with Gasteiger partial charge in [-0.25, -0.2) is 0 Å². The Balaban J connectivity index is 1.62. The van der Waals surface area contributed by atoms with Crippen LogP contribution in [0.4, 0.5) is 17.5 Å². The van der Waals surface area contributed by atoms with Crippen LogP contribution in [-0.2, 0) is 30.7 Å². The van der Waals surface area contributed by atoms with Crippen LogP contribution >= 0.6 is 0 Å². The average molecular weight is 433 g/mol. The summed E-state index contributed by atoms with van der Waals surface area (Å²) >= 11 is 0. The zero-order chi connectivity index (χ0) is 22.7. The Labute approximate surface area is 188 Å². The average Bonchev–Trinajstić information content (AvgIpc) is 3.14. The van der Waals surface area contributed by atoms with E-state index in [0.29, 0.717) is 36.8 Å². The molecule has 1 aliphatic heterocycles. The largest absolute Gasteiger partial charge is 0.488 e. The maximum absolute atomic E-state index is 9.42. The molecule has 0 fully saturated rings. The van der Waals surface area contributed by atoms with Gasteiger partial charge < -0.3 is 25.0 Å². The highest BCUT2D eigenvalue weighted by atomic mass is 16.5. The van der Waals surface area contributed by atoms with Gasteiger partial charge in [0.2, 0.25) is 0 Å². The minimum absolute atomic E-state index is 0.202. The molecular weight excluding hydrogens is 405 g/mol. The smallest absolute Gasteiger partial charge is 0.423 e. The molecule has 2 aromatic carbocycles. The van der Waals surface area contributed by atoms with Gasteiger partial charge in [0, 0.05) is 25.4 Å². The molecule has 0 spiro atoms. The number of fused-ring (bicyclic) bond motifs is 1. The Morgan fingerprint density at radius 1 is 1.19 bits per heavy atom.